The van der Waals surface area contributed by atoms with Crippen molar-refractivity contribution in [3.8, 4) is 0 Å². The van der Waals surface area contributed by atoms with E-state index >= 15 is 0 Å². The highest BCUT2D eigenvalue weighted by atomic mass is 31.2. The molecule has 0 bridgehead atoms. The zero-order valence-electron chi connectivity index (χ0n) is 49.2. The molecule has 0 aliphatic heterocycles. The van der Waals surface area contributed by atoms with Gasteiger partial charge in [0.05, 0.1) is 26.4 Å². The number of hydrogen-bond acceptors (Lipinski definition) is 15. The van der Waals surface area contributed by atoms with E-state index in [0.29, 0.717) is 37.5 Å². The van der Waals surface area contributed by atoms with E-state index in [0.717, 1.165) is 96.3 Å². The first-order valence-electron chi connectivity index (χ1n) is 30.5. The lowest BCUT2D eigenvalue weighted by Gasteiger charge is -2.21. The minimum absolute atomic E-state index is 0.102. The average molecular weight is 1140 g/mol. The highest BCUT2D eigenvalue weighted by molar-refractivity contribution is 7.47. The van der Waals surface area contributed by atoms with Crippen LogP contribution in [0.2, 0.25) is 0 Å². The summed E-state index contributed by atoms with van der Waals surface area (Å²) in [6.45, 7) is 9.26. The number of aliphatic hydroxyl groups is 1. The van der Waals surface area contributed by atoms with Gasteiger partial charge in [0.15, 0.2) is 12.2 Å². The van der Waals surface area contributed by atoms with Gasteiger partial charge in [-0.1, -0.05) is 228 Å². The van der Waals surface area contributed by atoms with Gasteiger partial charge < -0.3 is 33.8 Å². The molecule has 3 N–H and O–H groups in total. The Morgan fingerprint density at radius 2 is 0.597 bits per heavy atom. The first kappa shape index (κ1) is 75.1. The van der Waals surface area contributed by atoms with Crippen molar-refractivity contribution < 1.29 is 80.2 Å². The molecule has 77 heavy (non-hydrogen) atoms. The zero-order chi connectivity index (χ0) is 57.3. The van der Waals surface area contributed by atoms with Crippen molar-refractivity contribution in [2.45, 2.75) is 297 Å². The molecule has 2 unspecified atom stereocenters. The Balaban J connectivity index is 5.23. The number of phosphoric acid groups is 2. The summed E-state index contributed by atoms with van der Waals surface area (Å²) in [4.78, 5) is 71.8. The van der Waals surface area contributed by atoms with E-state index in [1.165, 1.54) is 89.9 Å². The topological polar surface area (TPSA) is 237 Å². The maximum absolute atomic E-state index is 12.9. The van der Waals surface area contributed by atoms with Crippen molar-refractivity contribution in [3.63, 3.8) is 0 Å². The second-order valence-corrected chi connectivity index (χ2v) is 24.9. The van der Waals surface area contributed by atoms with Crippen LogP contribution in [0, 0.1) is 11.8 Å². The Morgan fingerprint density at radius 1 is 0.351 bits per heavy atom. The molecule has 5 atom stereocenters. The summed E-state index contributed by atoms with van der Waals surface area (Å²) in [6.07, 6.45) is 31.0. The zero-order valence-corrected chi connectivity index (χ0v) is 51.0. The summed E-state index contributed by atoms with van der Waals surface area (Å²) >= 11 is 0. The number of phosphoric ester groups is 2. The quantitative estimate of drug-likeness (QED) is 0.0222. The van der Waals surface area contributed by atoms with Crippen LogP contribution in [-0.2, 0) is 65.4 Å². The van der Waals surface area contributed by atoms with Gasteiger partial charge in [0.25, 0.3) is 0 Å². The normalized spacial score (nSPS) is 14.5. The van der Waals surface area contributed by atoms with Crippen LogP contribution in [0.3, 0.4) is 0 Å². The Morgan fingerprint density at radius 3 is 0.883 bits per heavy atom. The predicted molar refractivity (Wildman–Crippen MR) is 303 cm³/mol. The number of carbonyl (C=O) groups excluding carboxylic acids is 4. The molecular weight excluding hydrogens is 1030 g/mol. The van der Waals surface area contributed by atoms with Crippen molar-refractivity contribution in [1.29, 1.82) is 0 Å². The van der Waals surface area contributed by atoms with E-state index in [9.17, 15) is 43.2 Å². The van der Waals surface area contributed by atoms with Gasteiger partial charge in [-0.25, -0.2) is 9.13 Å². The fraction of sp³-hybridized carbons (Fsp3) is 0.931. The third kappa shape index (κ3) is 53.2. The Kier molecular flexibility index (Phi) is 49.7. The number of unbranched alkanes of at least 4 members (excludes halogenated alkanes) is 27. The molecule has 0 saturated heterocycles. The highest BCUT2D eigenvalue weighted by Gasteiger charge is 2.30. The van der Waals surface area contributed by atoms with E-state index in [1.807, 2.05) is 0 Å². The minimum atomic E-state index is -4.94. The largest absolute Gasteiger partial charge is 0.472 e. The predicted octanol–water partition coefficient (Wildman–Crippen LogP) is 15.3. The molecule has 456 valence electrons. The maximum atomic E-state index is 12.9. The van der Waals surface area contributed by atoms with Gasteiger partial charge in [0.1, 0.15) is 19.3 Å². The molecule has 0 amide bonds. The van der Waals surface area contributed by atoms with E-state index in [4.69, 9.17) is 37.0 Å². The summed E-state index contributed by atoms with van der Waals surface area (Å²) in [6, 6.07) is 0. The maximum Gasteiger partial charge on any atom is 0.472 e. The molecule has 0 aromatic carbocycles. The highest BCUT2D eigenvalue weighted by Crippen LogP contribution is 2.45. The van der Waals surface area contributed by atoms with Gasteiger partial charge in [0.2, 0.25) is 0 Å². The van der Waals surface area contributed by atoms with Gasteiger partial charge in [-0.3, -0.25) is 37.3 Å². The van der Waals surface area contributed by atoms with Crippen molar-refractivity contribution >= 4 is 39.5 Å². The van der Waals surface area contributed by atoms with Gasteiger partial charge >= 0.3 is 39.5 Å². The molecular formula is C58H112O17P2. The lowest BCUT2D eigenvalue weighted by molar-refractivity contribution is -0.161. The summed E-state index contributed by atoms with van der Waals surface area (Å²) in [5.74, 6) is -0.773. The SMILES string of the molecule is CCCCCCCCCCCC(=O)OC[C@H](COP(=O)(O)OC[C@H](O)COP(=O)(O)OC[C@@H](COC(=O)CCCCCCCCC(C)C)OC(=O)CCCCCCCCCC(C)C)OC(=O)CCCCCCCCCCC. The summed E-state index contributed by atoms with van der Waals surface area (Å²) < 4.78 is 67.6. The van der Waals surface area contributed by atoms with Crippen LogP contribution in [0.4, 0.5) is 0 Å². The van der Waals surface area contributed by atoms with Crippen molar-refractivity contribution in [2.24, 2.45) is 11.8 Å². The first-order chi connectivity index (χ1) is 36.9. The molecule has 0 spiro atoms. The van der Waals surface area contributed by atoms with Gasteiger partial charge in [-0.05, 0) is 37.5 Å². The molecule has 0 rings (SSSR count). The lowest BCUT2D eigenvalue weighted by atomic mass is 10.0. The Hall–Kier alpha value is -1.94. The molecule has 0 aliphatic rings. The van der Waals surface area contributed by atoms with Crippen LogP contribution in [0.25, 0.3) is 0 Å². The van der Waals surface area contributed by atoms with Crippen LogP contribution in [0.15, 0.2) is 0 Å². The van der Waals surface area contributed by atoms with E-state index in [1.54, 1.807) is 0 Å². The van der Waals surface area contributed by atoms with Crippen molar-refractivity contribution in [1.82, 2.24) is 0 Å². The molecule has 0 saturated carbocycles. The lowest BCUT2D eigenvalue weighted by Crippen LogP contribution is -2.30. The second-order valence-electron chi connectivity index (χ2n) is 22.0. The van der Waals surface area contributed by atoms with Crippen LogP contribution in [-0.4, -0.2) is 96.7 Å². The smallest absolute Gasteiger partial charge is 0.462 e. The molecule has 0 fully saturated rings. The van der Waals surface area contributed by atoms with Crippen molar-refractivity contribution in [2.75, 3.05) is 39.6 Å². The molecule has 0 heterocycles. The fourth-order valence-corrected chi connectivity index (χ4v) is 10.0. The van der Waals surface area contributed by atoms with E-state index in [2.05, 4.69) is 41.5 Å². The van der Waals surface area contributed by atoms with Gasteiger partial charge in [-0.15, -0.1) is 0 Å². The molecule has 0 radical (unpaired) electrons. The summed E-state index contributed by atoms with van der Waals surface area (Å²) in [5, 5.41) is 10.5. The Labute approximate surface area is 467 Å². The standard InChI is InChI=1S/C58H112O17P2/c1-7-9-11-13-15-17-21-28-34-40-55(60)68-46-53(74-57(62)42-36-30-22-18-16-14-12-10-8-2)48-72-76(64,65)70-44-52(59)45-71-77(66,67)73-49-54(47-69-56(61)41-35-29-25-24-27-33-39-51(5)6)75-58(63)43-37-31-23-19-20-26-32-38-50(3)4/h50-54,59H,7-49H2,1-6H3,(H,64,65)(H,66,67)/t52-,53+,54+/m0/s1. The first-order valence-corrected chi connectivity index (χ1v) is 33.5. The molecule has 0 aromatic rings. The summed E-state index contributed by atoms with van der Waals surface area (Å²) in [5.41, 5.74) is 0. The molecule has 0 aromatic heterocycles. The van der Waals surface area contributed by atoms with Crippen molar-refractivity contribution in [3.05, 3.63) is 0 Å². The fourth-order valence-electron chi connectivity index (χ4n) is 8.47. The van der Waals surface area contributed by atoms with Crippen LogP contribution >= 0.6 is 15.6 Å². The second kappa shape index (κ2) is 51.0. The summed E-state index contributed by atoms with van der Waals surface area (Å²) in [7, 11) is -9.87. The van der Waals surface area contributed by atoms with E-state index in [-0.39, 0.29) is 25.7 Å². The minimum Gasteiger partial charge on any atom is -0.462 e. The van der Waals surface area contributed by atoms with Gasteiger partial charge in [0, 0.05) is 25.7 Å². The monoisotopic (exact) mass is 1140 g/mol. The number of aliphatic hydroxyl groups excluding tert-OH is 1. The third-order valence-electron chi connectivity index (χ3n) is 13.2. The molecule has 19 heteroatoms. The number of esters is 4. The third-order valence-corrected chi connectivity index (χ3v) is 15.1. The average Bonchev–Trinajstić information content (AvgIpc) is 3.38. The van der Waals surface area contributed by atoms with Crippen LogP contribution in [0.5, 0.6) is 0 Å². The number of ether oxygens (including phenoxy) is 4. The molecule has 0 aliphatic carbocycles. The van der Waals surface area contributed by atoms with Gasteiger partial charge in [-0.2, -0.15) is 0 Å². The number of carbonyl (C=O) groups is 4. The van der Waals surface area contributed by atoms with E-state index < -0.39 is 97.5 Å². The van der Waals surface area contributed by atoms with Crippen LogP contribution < -0.4 is 0 Å². The Bertz CT molecular complexity index is 1530. The number of hydrogen-bond donors (Lipinski definition) is 3. The van der Waals surface area contributed by atoms with Crippen LogP contribution in [0.1, 0.15) is 279 Å². The number of rotatable bonds is 57. The molecule has 17 nitrogen and oxygen atoms in total.